The lowest BCUT2D eigenvalue weighted by Crippen LogP contribution is -2.22. The minimum Gasteiger partial charge on any atom is -0.507 e. The van der Waals surface area contributed by atoms with E-state index in [9.17, 15) is 9.90 Å². The third kappa shape index (κ3) is 2.66. The first kappa shape index (κ1) is 15.4. The van der Waals surface area contributed by atoms with Gasteiger partial charge in [0.05, 0.1) is 11.1 Å². The summed E-state index contributed by atoms with van der Waals surface area (Å²) in [5.41, 5.74) is 1.42. The molecular weight excluding hydrogens is 336 g/mol. The number of hydrogen-bond acceptors (Lipinski definition) is 3. The van der Waals surface area contributed by atoms with Crippen molar-refractivity contribution in [3.8, 4) is 22.7 Å². The van der Waals surface area contributed by atoms with Crippen LogP contribution in [0.4, 0.5) is 0 Å². The summed E-state index contributed by atoms with van der Waals surface area (Å²) >= 11 is 6.10. The zero-order chi connectivity index (χ0) is 17.4. The minimum absolute atomic E-state index is 0.0558. The summed E-state index contributed by atoms with van der Waals surface area (Å²) in [4.78, 5) is 12.9. The van der Waals surface area contributed by atoms with Crippen LogP contribution in [-0.4, -0.2) is 14.9 Å². The quantitative estimate of drug-likeness (QED) is 0.583. The number of halogens is 1. The Kier molecular flexibility index (Phi) is 3.75. The van der Waals surface area contributed by atoms with Crippen LogP contribution in [0.3, 0.4) is 0 Å². The van der Waals surface area contributed by atoms with Crippen molar-refractivity contribution < 1.29 is 5.11 Å². The lowest BCUT2D eigenvalue weighted by atomic mass is 10.0. The third-order valence-electron chi connectivity index (χ3n) is 4.02. The lowest BCUT2D eigenvalue weighted by molar-refractivity contribution is 0.477. The van der Waals surface area contributed by atoms with Gasteiger partial charge >= 0.3 is 0 Å². The molecule has 0 bridgehead atoms. The summed E-state index contributed by atoms with van der Waals surface area (Å²) in [7, 11) is 0. The first-order valence-corrected chi connectivity index (χ1v) is 8.09. The van der Waals surface area contributed by atoms with Crippen LogP contribution >= 0.6 is 11.6 Å². The summed E-state index contributed by atoms with van der Waals surface area (Å²) in [6, 6.07) is 21.2. The summed E-state index contributed by atoms with van der Waals surface area (Å²) in [6.07, 6.45) is 0. The summed E-state index contributed by atoms with van der Waals surface area (Å²) in [6.45, 7) is 0. The Labute approximate surface area is 148 Å². The highest BCUT2D eigenvalue weighted by molar-refractivity contribution is 6.31. The first-order chi connectivity index (χ1) is 12.1. The summed E-state index contributed by atoms with van der Waals surface area (Å²) < 4.78 is 1.35. The predicted molar refractivity (Wildman–Crippen MR) is 99.5 cm³/mol. The van der Waals surface area contributed by atoms with Gasteiger partial charge < -0.3 is 5.11 Å². The number of phenols is 1. The molecular formula is C20H13ClN2O2. The number of hydrogen-bond donors (Lipinski definition) is 1. The molecule has 0 atom stereocenters. The van der Waals surface area contributed by atoms with Gasteiger partial charge in [-0.2, -0.15) is 9.78 Å². The molecule has 0 amide bonds. The molecule has 4 nitrogen and oxygen atoms in total. The third-order valence-corrected chi connectivity index (χ3v) is 4.25. The number of benzene rings is 3. The van der Waals surface area contributed by atoms with Crippen LogP contribution in [-0.2, 0) is 0 Å². The maximum atomic E-state index is 12.9. The van der Waals surface area contributed by atoms with Crippen molar-refractivity contribution in [1.29, 1.82) is 0 Å². The normalized spacial score (nSPS) is 10.9. The van der Waals surface area contributed by atoms with Crippen molar-refractivity contribution in [1.82, 2.24) is 9.78 Å². The molecule has 1 N–H and O–H groups in total. The highest BCUT2D eigenvalue weighted by Gasteiger charge is 2.16. The topological polar surface area (TPSA) is 55.1 Å². The number of fused-ring (bicyclic) bond motifs is 1. The Morgan fingerprint density at radius 1 is 0.880 bits per heavy atom. The summed E-state index contributed by atoms with van der Waals surface area (Å²) in [5.74, 6) is 0.0558. The van der Waals surface area contributed by atoms with Gasteiger partial charge in [0, 0.05) is 16.0 Å². The fourth-order valence-electron chi connectivity index (χ4n) is 2.83. The molecule has 25 heavy (non-hydrogen) atoms. The average Bonchev–Trinajstić information content (AvgIpc) is 2.65. The fraction of sp³-hybridized carbons (Fsp3) is 0. The molecule has 4 rings (SSSR count). The Balaban J connectivity index is 2.13. The molecule has 0 radical (unpaired) electrons. The van der Waals surface area contributed by atoms with Gasteiger partial charge in [-0.15, -0.1) is 0 Å². The maximum Gasteiger partial charge on any atom is 0.279 e. The molecule has 0 aliphatic carbocycles. The number of para-hydroxylation sites is 1. The smallest absolute Gasteiger partial charge is 0.279 e. The molecule has 1 aromatic heterocycles. The molecule has 0 unspecified atom stereocenters. The standard InChI is InChI=1S/C20H13ClN2O2/c21-13-10-11-18(24)17(12-13)19-15-8-4-5-9-16(15)20(25)23(22-19)14-6-2-1-3-7-14/h1-12,24H. The predicted octanol–water partition coefficient (Wildman–Crippen LogP) is 4.41. The van der Waals surface area contributed by atoms with Gasteiger partial charge in [0.1, 0.15) is 11.4 Å². The fourth-order valence-corrected chi connectivity index (χ4v) is 3.00. The van der Waals surface area contributed by atoms with E-state index in [0.717, 1.165) is 0 Å². The van der Waals surface area contributed by atoms with Gasteiger partial charge in [-0.05, 0) is 36.4 Å². The van der Waals surface area contributed by atoms with E-state index < -0.39 is 0 Å². The Bertz CT molecular complexity index is 1140. The van der Waals surface area contributed by atoms with E-state index in [4.69, 9.17) is 11.6 Å². The summed E-state index contributed by atoms with van der Waals surface area (Å²) in [5, 5.41) is 16.5. The van der Waals surface area contributed by atoms with Crippen molar-refractivity contribution in [3.63, 3.8) is 0 Å². The van der Waals surface area contributed by atoms with Crippen LogP contribution in [0.5, 0.6) is 5.75 Å². The van der Waals surface area contributed by atoms with Crippen molar-refractivity contribution in [2.75, 3.05) is 0 Å². The number of nitrogens with zero attached hydrogens (tertiary/aromatic N) is 2. The average molecular weight is 349 g/mol. The second-order valence-corrected chi connectivity index (χ2v) is 6.04. The highest BCUT2D eigenvalue weighted by Crippen LogP contribution is 2.34. The van der Waals surface area contributed by atoms with E-state index in [1.807, 2.05) is 42.5 Å². The van der Waals surface area contributed by atoms with Gasteiger partial charge in [-0.3, -0.25) is 4.79 Å². The molecule has 122 valence electrons. The second kappa shape index (κ2) is 6.07. The first-order valence-electron chi connectivity index (χ1n) is 7.71. The molecule has 4 aromatic rings. The Morgan fingerprint density at radius 2 is 1.56 bits per heavy atom. The van der Waals surface area contributed by atoms with Crippen molar-refractivity contribution in [2.45, 2.75) is 0 Å². The Morgan fingerprint density at radius 3 is 2.32 bits per heavy atom. The van der Waals surface area contributed by atoms with Crippen LogP contribution in [0.25, 0.3) is 27.7 Å². The van der Waals surface area contributed by atoms with E-state index in [1.165, 1.54) is 10.7 Å². The van der Waals surface area contributed by atoms with E-state index in [0.29, 0.717) is 32.7 Å². The molecule has 0 aliphatic heterocycles. The van der Waals surface area contributed by atoms with Gasteiger partial charge in [-0.1, -0.05) is 48.0 Å². The van der Waals surface area contributed by atoms with Gasteiger partial charge in [0.2, 0.25) is 0 Å². The second-order valence-electron chi connectivity index (χ2n) is 5.61. The van der Waals surface area contributed by atoms with Gasteiger partial charge in [-0.25, -0.2) is 0 Å². The van der Waals surface area contributed by atoms with E-state index in [1.54, 1.807) is 24.3 Å². The largest absolute Gasteiger partial charge is 0.507 e. The molecule has 0 saturated heterocycles. The van der Waals surface area contributed by atoms with Crippen LogP contribution < -0.4 is 5.56 Å². The van der Waals surface area contributed by atoms with Crippen LogP contribution in [0, 0.1) is 0 Å². The number of phenolic OH excluding ortho intramolecular Hbond substituents is 1. The van der Waals surface area contributed by atoms with Crippen molar-refractivity contribution in [2.24, 2.45) is 0 Å². The van der Waals surface area contributed by atoms with Crippen LogP contribution in [0.15, 0.2) is 77.6 Å². The van der Waals surface area contributed by atoms with E-state index >= 15 is 0 Å². The molecule has 0 aliphatic rings. The molecule has 0 saturated carbocycles. The van der Waals surface area contributed by atoms with Crippen molar-refractivity contribution >= 4 is 22.4 Å². The maximum absolute atomic E-state index is 12.9. The zero-order valence-corrected chi connectivity index (χ0v) is 13.8. The Hall–Kier alpha value is -3.11. The molecule has 0 spiro atoms. The molecule has 1 heterocycles. The molecule has 3 aromatic carbocycles. The zero-order valence-electron chi connectivity index (χ0n) is 13.1. The lowest BCUT2D eigenvalue weighted by Gasteiger charge is -2.12. The van der Waals surface area contributed by atoms with E-state index in [-0.39, 0.29) is 11.3 Å². The number of rotatable bonds is 2. The molecule has 5 heteroatoms. The van der Waals surface area contributed by atoms with Crippen LogP contribution in [0.1, 0.15) is 0 Å². The van der Waals surface area contributed by atoms with Crippen LogP contribution in [0.2, 0.25) is 5.02 Å². The highest BCUT2D eigenvalue weighted by atomic mass is 35.5. The van der Waals surface area contributed by atoms with E-state index in [2.05, 4.69) is 5.10 Å². The van der Waals surface area contributed by atoms with Gasteiger partial charge in [0.25, 0.3) is 5.56 Å². The SMILES string of the molecule is O=c1c2ccccc2c(-c2cc(Cl)ccc2O)nn1-c1ccccc1. The number of aromatic hydroxyl groups is 1. The van der Waals surface area contributed by atoms with Gasteiger partial charge in [0.15, 0.2) is 0 Å². The molecule has 0 fully saturated rings. The van der Waals surface area contributed by atoms with Crippen molar-refractivity contribution in [3.05, 3.63) is 88.2 Å². The monoisotopic (exact) mass is 348 g/mol. The minimum atomic E-state index is -0.216. The number of aromatic nitrogens is 2.